The number of nitrogens with zero attached hydrogens (tertiary/aromatic N) is 1. The van der Waals surface area contributed by atoms with Crippen LogP contribution in [0.1, 0.15) is 19.4 Å². The Labute approximate surface area is 89.7 Å². The summed E-state index contributed by atoms with van der Waals surface area (Å²) in [5.41, 5.74) is 11.1. The zero-order valence-corrected chi connectivity index (χ0v) is 9.20. The number of nitrogens with two attached hydrogens (primary N) is 2. The third-order valence-electron chi connectivity index (χ3n) is 2.80. The Morgan fingerprint density at radius 2 is 2.20 bits per heavy atom. The van der Waals surface area contributed by atoms with Gasteiger partial charge in [-0.1, -0.05) is 13.8 Å². The molecular formula is C11H18FN3. The molecule has 0 spiro atoms. The highest BCUT2D eigenvalue weighted by atomic mass is 19.1. The van der Waals surface area contributed by atoms with Gasteiger partial charge in [0.05, 0.1) is 0 Å². The van der Waals surface area contributed by atoms with E-state index in [0.717, 1.165) is 5.56 Å². The van der Waals surface area contributed by atoms with Crippen LogP contribution in [-0.4, -0.2) is 17.2 Å². The van der Waals surface area contributed by atoms with Crippen molar-refractivity contribution < 1.29 is 4.39 Å². The minimum Gasteiger partial charge on any atom is -0.398 e. The van der Waals surface area contributed by atoms with Crippen molar-refractivity contribution in [2.75, 3.05) is 12.3 Å². The number of hydrogen-bond donors (Lipinski definition) is 2. The lowest BCUT2D eigenvalue weighted by Crippen LogP contribution is -2.40. The van der Waals surface area contributed by atoms with Gasteiger partial charge in [0.1, 0.15) is 5.67 Å². The van der Waals surface area contributed by atoms with Crippen LogP contribution in [0.5, 0.6) is 0 Å². The zero-order chi connectivity index (χ0) is 11.5. The molecule has 1 unspecified atom stereocenters. The Morgan fingerprint density at radius 1 is 1.53 bits per heavy atom. The van der Waals surface area contributed by atoms with Gasteiger partial charge in [-0.3, -0.25) is 4.98 Å². The van der Waals surface area contributed by atoms with Crippen molar-refractivity contribution in [1.82, 2.24) is 4.98 Å². The van der Waals surface area contributed by atoms with E-state index in [9.17, 15) is 4.39 Å². The molecule has 0 saturated heterocycles. The summed E-state index contributed by atoms with van der Waals surface area (Å²) in [5.74, 6) is -0.137. The van der Waals surface area contributed by atoms with Crippen LogP contribution in [0.4, 0.5) is 10.1 Å². The second-order valence-corrected chi connectivity index (χ2v) is 4.14. The number of halogens is 1. The van der Waals surface area contributed by atoms with E-state index in [1.807, 2.05) is 13.8 Å². The lowest BCUT2D eigenvalue weighted by atomic mass is 9.86. The first-order valence-electron chi connectivity index (χ1n) is 5.07. The van der Waals surface area contributed by atoms with E-state index in [4.69, 9.17) is 11.5 Å². The molecule has 0 aliphatic heterocycles. The van der Waals surface area contributed by atoms with Gasteiger partial charge in [-0.05, 0) is 17.5 Å². The van der Waals surface area contributed by atoms with Crippen molar-refractivity contribution in [3.8, 4) is 0 Å². The molecule has 0 aromatic carbocycles. The predicted octanol–water partition coefficient (Wildman–Crippen LogP) is 1.53. The molecule has 4 N–H and O–H groups in total. The van der Waals surface area contributed by atoms with Crippen LogP contribution >= 0.6 is 0 Å². The molecule has 3 nitrogen and oxygen atoms in total. The molecule has 1 aromatic heterocycles. The van der Waals surface area contributed by atoms with Crippen molar-refractivity contribution in [1.29, 1.82) is 0 Å². The van der Waals surface area contributed by atoms with Gasteiger partial charge < -0.3 is 11.5 Å². The Morgan fingerprint density at radius 3 is 2.67 bits per heavy atom. The number of nitrogen functional groups attached to an aromatic ring is 1. The van der Waals surface area contributed by atoms with E-state index in [1.165, 1.54) is 0 Å². The molecule has 0 saturated carbocycles. The second kappa shape index (κ2) is 4.57. The summed E-state index contributed by atoms with van der Waals surface area (Å²) < 4.78 is 14.3. The van der Waals surface area contributed by atoms with E-state index < -0.39 is 5.67 Å². The van der Waals surface area contributed by atoms with Crippen molar-refractivity contribution >= 4 is 5.69 Å². The van der Waals surface area contributed by atoms with Gasteiger partial charge in [0.15, 0.2) is 0 Å². The van der Waals surface area contributed by atoms with Gasteiger partial charge in [0, 0.05) is 31.0 Å². The molecule has 0 fully saturated rings. The van der Waals surface area contributed by atoms with Crippen molar-refractivity contribution in [3.05, 3.63) is 24.0 Å². The van der Waals surface area contributed by atoms with Crippen LogP contribution in [0.2, 0.25) is 0 Å². The third kappa shape index (κ3) is 2.65. The van der Waals surface area contributed by atoms with Gasteiger partial charge >= 0.3 is 0 Å². The number of pyridine rings is 1. The Balaban J connectivity index is 2.89. The third-order valence-corrected chi connectivity index (χ3v) is 2.80. The number of alkyl halides is 1. The van der Waals surface area contributed by atoms with Crippen molar-refractivity contribution in [2.45, 2.75) is 25.9 Å². The number of rotatable bonds is 4. The van der Waals surface area contributed by atoms with Gasteiger partial charge in [-0.15, -0.1) is 0 Å². The Hall–Kier alpha value is -1.16. The van der Waals surface area contributed by atoms with E-state index in [-0.39, 0.29) is 18.9 Å². The monoisotopic (exact) mass is 211 g/mol. The van der Waals surface area contributed by atoms with E-state index in [0.29, 0.717) is 5.69 Å². The van der Waals surface area contributed by atoms with Crippen LogP contribution in [0.3, 0.4) is 0 Å². The van der Waals surface area contributed by atoms with Gasteiger partial charge in [-0.25, -0.2) is 4.39 Å². The average molecular weight is 211 g/mol. The quantitative estimate of drug-likeness (QED) is 0.793. The van der Waals surface area contributed by atoms with Crippen LogP contribution in [-0.2, 0) is 6.42 Å². The highest BCUT2D eigenvalue weighted by Crippen LogP contribution is 2.27. The Bertz CT molecular complexity index is 327. The maximum absolute atomic E-state index is 14.3. The molecule has 0 amide bonds. The number of hydrogen-bond acceptors (Lipinski definition) is 3. The summed E-state index contributed by atoms with van der Waals surface area (Å²) in [5, 5.41) is 0. The lowest BCUT2D eigenvalue weighted by Gasteiger charge is -2.28. The first-order chi connectivity index (χ1) is 6.99. The fraction of sp³-hybridized carbons (Fsp3) is 0.545. The van der Waals surface area contributed by atoms with E-state index in [1.54, 1.807) is 18.5 Å². The summed E-state index contributed by atoms with van der Waals surface area (Å²) in [6, 6.07) is 1.67. The van der Waals surface area contributed by atoms with Crippen molar-refractivity contribution in [3.63, 3.8) is 0 Å². The van der Waals surface area contributed by atoms with Gasteiger partial charge in [0.25, 0.3) is 0 Å². The summed E-state index contributed by atoms with van der Waals surface area (Å²) in [4.78, 5) is 3.94. The smallest absolute Gasteiger partial charge is 0.129 e. The standard InChI is InChI=1S/C11H18FN3/c1-8(2)11(12,7-13)5-9-6-15-4-3-10(9)14/h3-4,6,8H,5,7,13H2,1-2H3,(H2,14,15). The molecule has 0 bridgehead atoms. The number of aromatic nitrogens is 1. The van der Waals surface area contributed by atoms with Crippen LogP contribution in [0.25, 0.3) is 0 Å². The molecule has 1 heterocycles. The molecule has 1 rings (SSSR count). The highest BCUT2D eigenvalue weighted by Gasteiger charge is 2.32. The first-order valence-corrected chi connectivity index (χ1v) is 5.07. The zero-order valence-electron chi connectivity index (χ0n) is 9.20. The molecule has 15 heavy (non-hydrogen) atoms. The summed E-state index contributed by atoms with van der Waals surface area (Å²) in [6.45, 7) is 3.64. The first kappa shape index (κ1) is 11.9. The van der Waals surface area contributed by atoms with Crippen LogP contribution in [0, 0.1) is 5.92 Å². The second-order valence-electron chi connectivity index (χ2n) is 4.14. The van der Waals surface area contributed by atoms with Crippen LogP contribution in [0.15, 0.2) is 18.5 Å². The summed E-state index contributed by atoms with van der Waals surface area (Å²) in [6.07, 6.45) is 3.42. The SMILES string of the molecule is CC(C)C(F)(CN)Cc1cnccc1N. The van der Waals surface area contributed by atoms with Gasteiger partial charge in [0.2, 0.25) is 0 Å². The molecule has 0 aliphatic carbocycles. The van der Waals surface area contributed by atoms with Gasteiger partial charge in [-0.2, -0.15) is 0 Å². The van der Waals surface area contributed by atoms with Crippen molar-refractivity contribution in [2.24, 2.45) is 11.7 Å². The minimum atomic E-state index is -1.41. The molecular weight excluding hydrogens is 193 g/mol. The number of anilines is 1. The molecule has 0 radical (unpaired) electrons. The summed E-state index contributed by atoms with van der Waals surface area (Å²) >= 11 is 0. The minimum absolute atomic E-state index is 0.000991. The fourth-order valence-electron chi connectivity index (χ4n) is 1.41. The maximum atomic E-state index is 14.3. The average Bonchev–Trinajstić information content (AvgIpc) is 2.21. The maximum Gasteiger partial charge on any atom is 0.129 e. The molecule has 1 aromatic rings. The van der Waals surface area contributed by atoms with Crippen LogP contribution < -0.4 is 11.5 Å². The van der Waals surface area contributed by atoms with E-state index in [2.05, 4.69) is 4.98 Å². The largest absolute Gasteiger partial charge is 0.398 e. The van der Waals surface area contributed by atoms with E-state index >= 15 is 0 Å². The molecule has 1 atom stereocenters. The molecule has 84 valence electrons. The fourth-order valence-corrected chi connectivity index (χ4v) is 1.41. The highest BCUT2D eigenvalue weighted by molar-refractivity contribution is 5.45. The molecule has 4 heteroatoms. The Kier molecular flexibility index (Phi) is 3.63. The normalized spacial score (nSPS) is 15.3. The topological polar surface area (TPSA) is 64.9 Å². The molecule has 0 aliphatic rings. The summed E-state index contributed by atoms with van der Waals surface area (Å²) in [7, 11) is 0. The lowest BCUT2D eigenvalue weighted by molar-refractivity contribution is 0.110. The predicted molar refractivity (Wildman–Crippen MR) is 60.1 cm³/mol.